The van der Waals surface area contributed by atoms with E-state index in [9.17, 15) is 10.1 Å². The zero-order valence-corrected chi connectivity index (χ0v) is 14.5. The molecule has 5 atom stereocenters. The van der Waals surface area contributed by atoms with E-state index < -0.39 is 41.4 Å². The fourth-order valence-corrected chi connectivity index (χ4v) is 3.22. The maximum Gasteiger partial charge on any atom is 0.232 e. The molecule has 2 fully saturated rings. The van der Waals surface area contributed by atoms with Gasteiger partial charge in [-0.3, -0.25) is 10.1 Å². The lowest BCUT2D eigenvalue weighted by Gasteiger charge is -2.28. The first-order chi connectivity index (χ1) is 11.9. The molecule has 138 valence electrons. The van der Waals surface area contributed by atoms with Gasteiger partial charge in [-0.15, -0.1) is 0 Å². The van der Waals surface area contributed by atoms with Crippen molar-refractivity contribution in [1.29, 1.82) is 0 Å². The second kappa shape index (κ2) is 7.35. The summed E-state index contributed by atoms with van der Waals surface area (Å²) in [5.41, 5.74) is 0.992. The first-order valence-corrected chi connectivity index (χ1v) is 8.21. The summed E-state index contributed by atoms with van der Waals surface area (Å²) in [6, 6.07) is 9.67. The molecule has 0 radical (unpaired) electrons. The van der Waals surface area contributed by atoms with Gasteiger partial charge < -0.3 is 23.7 Å². The van der Waals surface area contributed by atoms with E-state index in [2.05, 4.69) is 0 Å². The van der Waals surface area contributed by atoms with Gasteiger partial charge in [0, 0.05) is 12.0 Å². The van der Waals surface area contributed by atoms with Gasteiger partial charge in [-0.1, -0.05) is 30.3 Å². The zero-order valence-electron chi connectivity index (χ0n) is 14.5. The van der Waals surface area contributed by atoms with Crippen LogP contribution in [0.4, 0.5) is 0 Å². The SMILES string of the molecule is CO[C@H](C[N+](=O)[O-])[C@H]1OC2OC(C)(C)O[C@@H]2[C@H]1OCc1ccccc1. The standard InChI is InChI=1S/C17H23NO7/c1-17(2)24-15-14(22-10-11-7-5-4-6-8-11)13(23-16(15)25-17)12(21-3)9-18(19)20/h4-8,12-16H,9-10H2,1-3H3/t12-,13-,14+,15-,16?/m1/s1. The van der Waals surface area contributed by atoms with E-state index in [0.29, 0.717) is 6.61 Å². The highest BCUT2D eigenvalue weighted by molar-refractivity contribution is 5.13. The molecule has 3 rings (SSSR count). The number of benzene rings is 1. The van der Waals surface area contributed by atoms with Gasteiger partial charge in [0.25, 0.3) is 0 Å². The van der Waals surface area contributed by atoms with Gasteiger partial charge in [-0.25, -0.2) is 0 Å². The van der Waals surface area contributed by atoms with E-state index >= 15 is 0 Å². The van der Waals surface area contributed by atoms with Crippen LogP contribution in [0.2, 0.25) is 0 Å². The normalized spacial score (nSPS) is 31.6. The molecular formula is C17H23NO7. The molecule has 2 saturated heterocycles. The van der Waals surface area contributed by atoms with Crippen molar-refractivity contribution in [1.82, 2.24) is 0 Å². The Bertz CT molecular complexity index is 594. The summed E-state index contributed by atoms with van der Waals surface area (Å²) >= 11 is 0. The molecule has 0 spiro atoms. The van der Waals surface area contributed by atoms with Crippen molar-refractivity contribution >= 4 is 0 Å². The summed E-state index contributed by atoms with van der Waals surface area (Å²) in [5.74, 6) is -0.791. The van der Waals surface area contributed by atoms with Crippen molar-refractivity contribution in [2.24, 2.45) is 0 Å². The van der Waals surface area contributed by atoms with E-state index in [0.717, 1.165) is 5.56 Å². The second-order valence-corrected chi connectivity index (χ2v) is 6.62. The molecule has 2 aliphatic heterocycles. The Balaban J connectivity index is 1.75. The molecule has 25 heavy (non-hydrogen) atoms. The minimum Gasteiger partial charge on any atom is -0.372 e. The summed E-state index contributed by atoms with van der Waals surface area (Å²) in [7, 11) is 1.42. The van der Waals surface area contributed by atoms with Crippen LogP contribution in [0.5, 0.6) is 0 Å². The minimum absolute atomic E-state index is 0.341. The number of ether oxygens (including phenoxy) is 5. The molecule has 1 unspecified atom stereocenters. The van der Waals surface area contributed by atoms with Crippen molar-refractivity contribution in [3.8, 4) is 0 Å². The molecule has 8 heteroatoms. The molecular weight excluding hydrogens is 330 g/mol. The Kier molecular flexibility index (Phi) is 5.35. The van der Waals surface area contributed by atoms with E-state index in [4.69, 9.17) is 23.7 Å². The van der Waals surface area contributed by atoms with Gasteiger partial charge in [0.15, 0.2) is 18.2 Å². The van der Waals surface area contributed by atoms with Gasteiger partial charge in [0.05, 0.1) is 6.61 Å². The van der Waals surface area contributed by atoms with Crippen LogP contribution in [0.1, 0.15) is 19.4 Å². The molecule has 0 bridgehead atoms. The van der Waals surface area contributed by atoms with Gasteiger partial charge >= 0.3 is 0 Å². The number of fused-ring (bicyclic) bond motifs is 1. The average molecular weight is 353 g/mol. The Morgan fingerprint density at radius 3 is 2.64 bits per heavy atom. The van der Waals surface area contributed by atoms with Gasteiger partial charge in [0.2, 0.25) is 6.54 Å². The third-order valence-electron chi connectivity index (χ3n) is 4.31. The largest absolute Gasteiger partial charge is 0.372 e. The summed E-state index contributed by atoms with van der Waals surface area (Å²) in [4.78, 5) is 10.5. The third-order valence-corrected chi connectivity index (χ3v) is 4.31. The van der Waals surface area contributed by atoms with E-state index in [1.807, 2.05) is 30.3 Å². The van der Waals surface area contributed by atoms with Crippen molar-refractivity contribution < 1.29 is 28.6 Å². The molecule has 0 N–H and O–H groups in total. The fourth-order valence-electron chi connectivity index (χ4n) is 3.22. The topological polar surface area (TPSA) is 89.3 Å². The Morgan fingerprint density at radius 2 is 2.00 bits per heavy atom. The Morgan fingerprint density at radius 1 is 1.28 bits per heavy atom. The van der Waals surface area contributed by atoms with Crippen molar-refractivity contribution in [2.45, 2.75) is 56.9 Å². The fraction of sp³-hybridized carbons (Fsp3) is 0.647. The molecule has 0 aromatic heterocycles. The number of nitrogens with zero attached hydrogens (tertiary/aromatic N) is 1. The summed E-state index contributed by atoms with van der Waals surface area (Å²) < 4.78 is 28.8. The molecule has 8 nitrogen and oxygen atoms in total. The Hall–Kier alpha value is -1.58. The lowest BCUT2D eigenvalue weighted by atomic mass is 10.1. The minimum atomic E-state index is -0.791. The zero-order chi connectivity index (χ0) is 18.0. The van der Waals surface area contributed by atoms with Gasteiger partial charge in [-0.2, -0.15) is 0 Å². The van der Waals surface area contributed by atoms with Crippen LogP contribution in [0.15, 0.2) is 30.3 Å². The van der Waals surface area contributed by atoms with E-state index in [1.165, 1.54) is 7.11 Å². The van der Waals surface area contributed by atoms with Crippen molar-refractivity contribution in [2.75, 3.05) is 13.7 Å². The first kappa shape index (κ1) is 18.2. The first-order valence-electron chi connectivity index (χ1n) is 8.21. The van der Waals surface area contributed by atoms with Crippen LogP contribution < -0.4 is 0 Å². The highest BCUT2D eigenvalue weighted by Crippen LogP contribution is 2.40. The highest BCUT2D eigenvalue weighted by atomic mass is 16.8. The van der Waals surface area contributed by atoms with Gasteiger partial charge in [-0.05, 0) is 19.4 Å². The van der Waals surface area contributed by atoms with Crippen LogP contribution in [-0.2, 0) is 30.3 Å². The Labute approximate surface area is 146 Å². The quantitative estimate of drug-likeness (QED) is 0.545. The molecule has 0 saturated carbocycles. The van der Waals surface area contributed by atoms with E-state index in [-0.39, 0.29) is 6.54 Å². The maximum absolute atomic E-state index is 10.9. The predicted molar refractivity (Wildman–Crippen MR) is 86.4 cm³/mol. The van der Waals surface area contributed by atoms with Crippen LogP contribution in [-0.4, -0.2) is 55.1 Å². The molecule has 0 aliphatic carbocycles. The second-order valence-electron chi connectivity index (χ2n) is 6.62. The highest BCUT2D eigenvalue weighted by Gasteiger charge is 2.58. The monoisotopic (exact) mass is 353 g/mol. The average Bonchev–Trinajstić information content (AvgIpc) is 3.03. The van der Waals surface area contributed by atoms with Crippen LogP contribution >= 0.6 is 0 Å². The number of nitro groups is 1. The molecule has 1 aromatic carbocycles. The number of hydrogen-bond acceptors (Lipinski definition) is 7. The lowest BCUT2D eigenvalue weighted by Crippen LogP contribution is -2.46. The lowest BCUT2D eigenvalue weighted by molar-refractivity contribution is -0.494. The van der Waals surface area contributed by atoms with E-state index in [1.54, 1.807) is 13.8 Å². The van der Waals surface area contributed by atoms with Crippen LogP contribution in [0.3, 0.4) is 0 Å². The van der Waals surface area contributed by atoms with Crippen LogP contribution in [0.25, 0.3) is 0 Å². The number of rotatable bonds is 7. The molecule has 0 amide bonds. The number of methoxy groups -OCH3 is 1. The van der Waals surface area contributed by atoms with Crippen molar-refractivity contribution in [3.63, 3.8) is 0 Å². The summed E-state index contributed by atoms with van der Waals surface area (Å²) in [5, 5.41) is 10.9. The predicted octanol–water partition coefficient (Wildman–Crippen LogP) is 1.74. The summed E-state index contributed by atoms with van der Waals surface area (Å²) in [6.45, 7) is 3.55. The third kappa shape index (κ3) is 4.16. The van der Waals surface area contributed by atoms with Crippen molar-refractivity contribution in [3.05, 3.63) is 46.0 Å². The maximum atomic E-state index is 10.9. The number of hydrogen-bond donors (Lipinski definition) is 0. The van der Waals surface area contributed by atoms with Gasteiger partial charge in [0.1, 0.15) is 18.3 Å². The molecule has 2 aliphatic rings. The molecule has 2 heterocycles. The summed E-state index contributed by atoms with van der Waals surface area (Å²) in [6.07, 6.45) is -3.03. The van der Waals surface area contributed by atoms with Crippen LogP contribution in [0, 0.1) is 10.1 Å². The smallest absolute Gasteiger partial charge is 0.232 e. The molecule has 1 aromatic rings.